The maximum absolute atomic E-state index is 13.0. The van der Waals surface area contributed by atoms with Crippen molar-refractivity contribution in [3.05, 3.63) is 0 Å². The number of nitrogens with one attached hydrogen (secondary N) is 4. The highest BCUT2D eigenvalue weighted by Crippen LogP contribution is 2.10. The molecule has 0 fully saturated rings. The third-order valence-electron chi connectivity index (χ3n) is 7.49. The van der Waals surface area contributed by atoms with Gasteiger partial charge in [0.05, 0.1) is 6.10 Å². The molecule has 2 atom stereocenters. The molecule has 0 aliphatic rings. The van der Waals surface area contributed by atoms with Gasteiger partial charge in [-0.2, -0.15) is 0 Å². The number of amides is 3. The van der Waals surface area contributed by atoms with E-state index >= 15 is 0 Å². The molecule has 0 radical (unpaired) electrons. The fourth-order valence-electron chi connectivity index (χ4n) is 3.99. The second-order valence-electron chi connectivity index (χ2n) is 12.6. The minimum absolute atomic E-state index is 0.00185. The Kier molecular flexibility index (Phi) is 21.0. The van der Waals surface area contributed by atoms with E-state index in [4.69, 9.17) is 4.74 Å². The average Bonchev–Trinajstić information content (AvgIpc) is 2.91. The maximum Gasteiger partial charge on any atom is 0.242 e. The van der Waals surface area contributed by atoms with Gasteiger partial charge in [-0.3, -0.25) is 24.0 Å². The lowest BCUT2D eigenvalue weighted by Crippen LogP contribution is -2.47. The van der Waals surface area contributed by atoms with Crippen LogP contribution in [0.1, 0.15) is 119 Å². The summed E-state index contributed by atoms with van der Waals surface area (Å²) in [4.78, 5) is 61.2. The van der Waals surface area contributed by atoms with E-state index in [1.807, 2.05) is 41.7 Å². The number of Topliss-reactive ketones (excluding diaryl/α,β-unsaturated/α-hetero) is 2. The molecule has 0 aromatic heterocycles. The molecule has 0 aromatic rings. The minimum atomic E-state index is -0.691. The van der Waals surface area contributed by atoms with Crippen molar-refractivity contribution in [2.24, 2.45) is 11.8 Å². The van der Waals surface area contributed by atoms with Crippen molar-refractivity contribution >= 4 is 29.3 Å². The van der Waals surface area contributed by atoms with Crippen LogP contribution < -0.4 is 21.3 Å². The van der Waals surface area contributed by atoms with Crippen molar-refractivity contribution in [2.45, 2.75) is 137 Å². The van der Waals surface area contributed by atoms with Gasteiger partial charge in [-0.1, -0.05) is 27.7 Å². The Hall–Kier alpha value is -2.33. The molecule has 0 heterocycles. The summed E-state index contributed by atoms with van der Waals surface area (Å²) in [7, 11) is 1.93. The van der Waals surface area contributed by atoms with E-state index in [1.54, 1.807) is 0 Å². The Morgan fingerprint density at radius 2 is 1.26 bits per heavy atom. The van der Waals surface area contributed by atoms with Crippen LogP contribution in [0, 0.1) is 11.8 Å². The molecule has 2 unspecified atom stereocenters. The Labute approximate surface area is 254 Å². The first-order chi connectivity index (χ1) is 19.7. The monoisotopic (exact) mass is 596 g/mol. The Morgan fingerprint density at radius 1 is 0.690 bits per heavy atom. The molecule has 0 bridgehead atoms. The average molecular weight is 597 g/mol. The van der Waals surface area contributed by atoms with Gasteiger partial charge >= 0.3 is 0 Å². The predicted octanol–water partition coefficient (Wildman–Crippen LogP) is 3.85. The van der Waals surface area contributed by atoms with Crippen molar-refractivity contribution in [1.29, 1.82) is 0 Å². The molecule has 4 N–H and O–H groups in total. The van der Waals surface area contributed by atoms with Gasteiger partial charge in [-0.05, 0) is 72.8 Å². The first-order valence-electron chi connectivity index (χ1n) is 15.9. The van der Waals surface area contributed by atoms with Gasteiger partial charge in [0.15, 0.2) is 0 Å². The van der Waals surface area contributed by atoms with Gasteiger partial charge in [0.2, 0.25) is 17.7 Å². The van der Waals surface area contributed by atoms with Crippen molar-refractivity contribution in [2.75, 3.05) is 26.7 Å². The zero-order chi connectivity index (χ0) is 32.1. The molecule has 10 heteroatoms. The third-order valence-corrected chi connectivity index (χ3v) is 7.49. The van der Waals surface area contributed by atoms with Crippen molar-refractivity contribution in [3.63, 3.8) is 0 Å². The number of ether oxygens (including phenoxy) is 1. The van der Waals surface area contributed by atoms with Crippen LogP contribution in [-0.2, 0) is 28.7 Å². The second-order valence-corrected chi connectivity index (χ2v) is 12.6. The van der Waals surface area contributed by atoms with Gasteiger partial charge in [0, 0.05) is 62.8 Å². The molecule has 0 aromatic carbocycles. The molecule has 244 valence electrons. The van der Waals surface area contributed by atoms with Gasteiger partial charge < -0.3 is 26.0 Å². The molecule has 0 aliphatic heterocycles. The molecule has 0 rings (SSSR count). The number of carbonyl (C=O) groups is 5. The lowest BCUT2D eigenvalue weighted by molar-refractivity contribution is -0.129. The Bertz CT molecular complexity index is 828. The predicted molar refractivity (Wildman–Crippen MR) is 167 cm³/mol. The standard InChI is InChI=1S/C32H60N4O6/c1-23(2)27(37)14-11-16-29(39)34-20-10-9-13-26(36-30(40)17-12-15-28(38)24(3)4)31(41)35-21-18-25(5)42-22-19-32(6,7)33-8/h23-26,33H,9-22H2,1-8H3,(H,34,39)(H,35,41)(H,36,40). The van der Waals surface area contributed by atoms with Crippen molar-refractivity contribution < 1.29 is 28.7 Å². The van der Waals surface area contributed by atoms with Crippen LogP contribution in [-0.4, -0.2) is 73.7 Å². The van der Waals surface area contributed by atoms with E-state index in [9.17, 15) is 24.0 Å². The molecule has 0 aliphatic carbocycles. The highest BCUT2D eigenvalue weighted by atomic mass is 16.5. The molecule has 0 saturated heterocycles. The molecule has 3 amide bonds. The zero-order valence-electron chi connectivity index (χ0n) is 27.7. The lowest BCUT2D eigenvalue weighted by atomic mass is 10.0. The first-order valence-corrected chi connectivity index (χ1v) is 15.9. The van der Waals surface area contributed by atoms with E-state index < -0.39 is 6.04 Å². The number of hydrogen-bond donors (Lipinski definition) is 4. The van der Waals surface area contributed by atoms with Crippen LogP contribution in [0.25, 0.3) is 0 Å². The molecular formula is C32H60N4O6. The smallest absolute Gasteiger partial charge is 0.242 e. The van der Waals surface area contributed by atoms with Crippen LogP contribution >= 0.6 is 0 Å². The van der Waals surface area contributed by atoms with Crippen LogP contribution in [0.15, 0.2) is 0 Å². The maximum atomic E-state index is 13.0. The van der Waals surface area contributed by atoms with Crippen LogP contribution in [0.4, 0.5) is 0 Å². The van der Waals surface area contributed by atoms with E-state index in [2.05, 4.69) is 35.1 Å². The zero-order valence-corrected chi connectivity index (χ0v) is 27.7. The minimum Gasteiger partial charge on any atom is -0.378 e. The highest BCUT2D eigenvalue weighted by molar-refractivity contribution is 5.88. The summed E-state index contributed by atoms with van der Waals surface area (Å²) in [6, 6.07) is -0.691. The topological polar surface area (TPSA) is 143 Å². The lowest BCUT2D eigenvalue weighted by Gasteiger charge is -2.25. The van der Waals surface area contributed by atoms with E-state index in [-0.39, 0.29) is 59.2 Å². The van der Waals surface area contributed by atoms with Crippen molar-refractivity contribution in [1.82, 2.24) is 21.3 Å². The molecular weight excluding hydrogens is 536 g/mol. The van der Waals surface area contributed by atoms with Gasteiger partial charge in [-0.25, -0.2) is 0 Å². The summed E-state index contributed by atoms with van der Waals surface area (Å²) < 4.78 is 5.88. The summed E-state index contributed by atoms with van der Waals surface area (Å²) in [6.45, 7) is 15.1. The van der Waals surface area contributed by atoms with E-state index in [1.165, 1.54) is 0 Å². The largest absolute Gasteiger partial charge is 0.378 e. The third kappa shape index (κ3) is 20.5. The normalized spacial score (nSPS) is 13.1. The number of ketones is 2. The fourth-order valence-corrected chi connectivity index (χ4v) is 3.99. The van der Waals surface area contributed by atoms with Crippen molar-refractivity contribution in [3.8, 4) is 0 Å². The number of unbranched alkanes of at least 4 members (excludes halogenated alkanes) is 1. The second kappa shape index (κ2) is 22.2. The Morgan fingerprint density at radius 3 is 1.81 bits per heavy atom. The van der Waals surface area contributed by atoms with Crippen LogP contribution in [0.3, 0.4) is 0 Å². The molecule has 0 saturated carbocycles. The van der Waals surface area contributed by atoms with Crippen LogP contribution in [0.5, 0.6) is 0 Å². The van der Waals surface area contributed by atoms with Crippen LogP contribution in [0.2, 0.25) is 0 Å². The molecule has 10 nitrogen and oxygen atoms in total. The SMILES string of the molecule is CNC(C)(C)CCOC(C)CCNC(=O)C(CCCCNC(=O)CCCC(=O)C(C)C)NC(=O)CCCC(=O)C(C)C. The summed E-state index contributed by atoms with van der Waals surface area (Å²) in [5, 5.41) is 11.9. The van der Waals surface area contributed by atoms with Gasteiger partial charge in [-0.15, -0.1) is 0 Å². The van der Waals surface area contributed by atoms with Gasteiger partial charge in [0.25, 0.3) is 0 Å². The molecule has 42 heavy (non-hydrogen) atoms. The first kappa shape index (κ1) is 39.7. The summed E-state index contributed by atoms with van der Waals surface area (Å²) in [6.07, 6.45) is 5.48. The summed E-state index contributed by atoms with van der Waals surface area (Å²) in [5.41, 5.74) is -0.00185. The highest BCUT2D eigenvalue weighted by Gasteiger charge is 2.21. The summed E-state index contributed by atoms with van der Waals surface area (Å²) >= 11 is 0. The number of rotatable bonds is 25. The number of carbonyl (C=O) groups excluding carboxylic acids is 5. The van der Waals surface area contributed by atoms with E-state index in [0.29, 0.717) is 77.5 Å². The quantitative estimate of drug-likeness (QED) is 0.117. The van der Waals surface area contributed by atoms with Gasteiger partial charge in [0.1, 0.15) is 17.6 Å². The molecule has 0 spiro atoms. The fraction of sp³-hybridized carbons (Fsp3) is 0.844. The number of hydrogen-bond acceptors (Lipinski definition) is 7. The van der Waals surface area contributed by atoms with E-state index in [0.717, 1.165) is 6.42 Å². The summed E-state index contributed by atoms with van der Waals surface area (Å²) in [5.74, 6) is -0.373. The Balaban J connectivity index is 4.67.